The quantitative estimate of drug-likeness (QED) is 0.153. The van der Waals surface area contributed by atoms with E-state index < -0.39 is 0 Å². The molecule has 3 heterocycles. The predicted octanol–water partition coefficient (Wildman–Crippen LogP) is 17.0. The molecule has 68 heavy (non-hydrogen) atoms. The molecule has 13 aromatic rings. The van der Waals surface area contributed by atoms with Crippen molar-refractivity contribution >= 4 is 53.3 Å². The Morgan fingerprint density at radius 2 is 0.794 bits per heavy atom. The van der Waals surface area contributed by atoms with E-state index in [1.807, 2.05) is 47.7 Å². The maximum atomic E-state index is 5.31. The average Bonchev–Trinajstić information content (AvgIpc) is 3.97. The molecule has 0 aliphatic carbocycles. The fraction of sp³-hybridized carbons (Fsp3) is 0. The molecule has 5 heteroatoms. The number of para-hydroxylation sites is 2. The van der Waals surface area contributed by atoms with E-state index in [0.717, 1.165) is 44.6 Å². The maximum Gasteiger partial charge on any atom is 0.164 e. The molecule has 0 unspecified atom stereocenters. The highest BCUT2D eigenvalue weighted by Crippen LogP contribution is 2.46. The summed E-state index contributed by atoms with van der Waals surface area (Å²) < 4.78 is 4.94. The molecule has 4 nitrogen and oxygen atoms in total. The molecule has 0 N–H and O–H groups in total. The minimum Gasteiger partial charge on any atom is -0.309 e. The van der Waals surface area contributed by atoms with E-state index in [9.17, 15) is 0 Å². The number of aromatic nitrogens is 4. The topological polar surface area (TPSA) is 43.6 Å². The molecular weight excluding hydrogens is 845 g/mol. The van der Waals surface area contributed by atoms with Crippen LogP contribution < -0.4 is 0 Å². The van der Waals surface area contributed by atoms with Gasteiger partial charge in [0.2, 0.25) is 0 Å². The molecule has 3 aromatic heterocycles. The molecule has 0 fully saturated rings. The molecule has 10 aromatic carbocycles. The molecule has 0 amide bonds. The van der Waals surface area contributed by atoms with E-state index in [1.54, 1.807) is 0 Å². The highest BCUT2D eigenvalue weighted by molar-refractivity contribution is 7.26. The standard InChI is InChI=1S/C63H40N4S/c1-6-18-41(19-7-1)49-33-30-45(38-53(49)42-20-8-2-9-21-42)46-31-34-50(55(39-46)63-65-61(43-22-10-3-11-23-43)64-62(66-63)44-24-12-4-13-25-44)47-32-37-58-54(40-47)51-35-36-57-59(60(51)68-58)52-28-16-17-29-56(52)67(57)48-26-14-5-15-27-48/h1-40H. The van der Waals surface area contributed by atoms with Gasteiger partial charge < -0.3 is 4.57 Å². The van der Waals surface area contributed by atoms with Gasteiger partial charge in [0, 0.05) is 53.3 Å². The molecular formula is C63H40N4S. The van der Waals surface area contributed by atoms with Crippen molar-refractivity contribution in [3.05, 3.63) is 243 Å². The number of fused-ring (bicyclic) bond motifs is 7. The summed E-state index contributed by atoms with van der Waals surface area (Å²) in [5.74, 6) is 1.87. The molecule has 0 atom stereocenters. The van der Waals surface area contributed by atoms with Crippen molar-refractivity contribution in [1.29, 1.82) is 0 Å². The first-order valence-electron chi connectivity index (χ1n) is 22.9. The van der Waals surface area contributed by atoms with Crippen LogP contribution in [-0.2, 0) is 0 Å². The molecule has 0 saturated carbocycles. The summed E-state index contributed by atoms with van der Waals surface area (Å²) >= 11 is 1.87. The van der Waals surface area contributed by atoms with Crippen LogP contribution in [0.25, 0.3) is 126 Å². The Hall–Kier alpha value is -8.77. The molecule has 0 bridgehead atoms. The Balaban J connectivity index is 1.03. The lowest BCUT2D eigenvalue weighted by Gasteiger charge is -2.16. The van der Waals surface area contributed by atoms with Gasteiger partial charge in [0.1, 0.15) is 0 Å². The monoisotopic (exact) mass is 884 g/mol. The Morgan fingerprint density at radius 1 is 0.294 bits per heavy atom. The van der Waals surface area contributed by atoms with E-state index in [-0.39, 0.29) is 0 Å². The van der Waals surface area contributed by atoms with Crippen LogP contribution in [-0.4, -0.2) is 19.5 Å². The Kier molecular flexibility index (Phi) is 9.66. The van der Waals surface area contributed by atoms with Crippen LogP contribution in [0.1, 0.15) is 0 Å². The number of thiophene rings is 1. The first-order valence-corrected chi connectivity index (χ1v) is 23.7. The highest BCUT2D eigenvalue weighted by Gasteiger charge is 2.21. The number of hydrogen-bond acceptors (Lipinski definition) is 4. The molecule has 13 rings (SSSR count). The van der Waals surface area contributed by atoms with E-state index in [0.29, 0.717) is 17.5 Å². The summed E-state index contributed by atoms with van der Waals surface area (Å²) in [6, 6.07) is 86.4. The van der Waals surface area contributed by atoms with E-state index >= 15 is 0 Å². The third-order valence-corrected chi connectivity index (χ3v) is 14.3. The van der Waals surface area contributed by atoms with Gasteiger partial charge in [-0.3, -0.25) is 0 Å². The van der Waals surface area contributed by atoms with Crippen molar-refractivity contribution in [2.45, 2.75) is 0 Å². The summed E-state index contributed by atoms with van der Waals surface area (Å²) in [7, 11) is 0. The van der Waals surface area contributed by atoms with Crippen LogP contribution in [0.3, 0.4) is 0 Å². The van der Waals surface area contributed by atoms with Gasteiger partial charge in [0.25, 0.3) is 0 Å². The van der Waals surface area contributed by atoms with Crippen LogP contribution >= 0.6 is 11.3 Å². The minimum atomic E-state index is 0.615. The van der Waals surface area contributed by atoms with Gasteiger partial charge >= 0.3 is 0 Å². The van der Waals surface area contributed by atoms with Gasteiger partial charge in [0.15, 0.2) is 17.5 Å². The van der Waals surface area contributed by atoms with Gasteiger partial charge in [-0.1, -0.05) is 194 Å². The highest BCUT2D eigenvalue weighted by atomic mass is 32.1. The smallest absolute Gasteiger partial charge is 0.164 e. The zero-order chi connectivity index (χ0) is 45.0. The zero-order valence-corrected chi connectivity index (χ0v) is 37.6. The SMILES string of the molecule is c1ccc(-c2nc(-c3ccccc3)nc(-c3cc(-c4ccc(-c5ccccc5)c(-c5ccccc5)c4)ccc3-c3ccc4sc5c(ccc6c5c5ccccc5n6-c5ccccc5)c4c3)n2)cc1. The first kappa shape index (κ1) is 39.6. The number of hydrogen-bond donors (Lipinski definition) is 0. The van der Waals surface area contributed by atoms with Crippen LogP contribution in [0.5, 0.6) is 0 Å². The summed E-state index contributed by atoms with van der Waals surface area (Å²) in [6.07, 6.45) is 0. The van der Waals surface area contributed by atoms with Crippen molar-refractivity contribution in [3.63, 3.8) is 0 Å². The maximum absolute atomic E-state index is 5.31. The second kappa shape index (κ2) is 16.6. The van der Waals surface area contributed by atoms with Crippen molar-refractivity contribution in [2.75, 3.05) is 0 Å². The van der Waals surface area contributed by atoms with Gasteiger partial charge in [0.05, 0.1) is 11.0 Å². The molecule has 0 aliphatic rings. The summed E-state index contributed by atoms with van der Waals surface area (Å²) in [6.45, 7) is 0. The zero-order valence-electron chi connectivity index (χ0n) is 36.8. The molecule has 0 radical (unpaired) electrons. The summed E-state index contributed by atoms with van der Waals surface area (Å²) in [4.78, 5) is 15.7. The normalized spacial score (nSPS) is 11.5. The Labute approximate surface area is 397 Å². The largest absolute Gasteiger partial charge is 0.309 e. The van der Waals surface area contributed by atoms with Crippen LogP contribution in [0, 0.1) is 0 Å². The first-order chi connectivity index (χ1) is 33.7. The summed E-state index contributed by atoms with van der Waals surface area (Å²) in [5.41, 5.74) is 15.4. The minimum absolute atomic E-state index is 0.615. The predicted molar refractivity (Wildman–Crippen MR) is 285 cm³/mol. The average molecular weight is 885 g/mol. The van der Waals surface area contributed by atoms with Crippen LogP contribution in [0.4, 0.5) is 0 Å². The summed E-state index contributed by atoms with van der Waals surface area (Å²) in [5, 5.41) is 5.02. The van der Waals surface area contributed by atoms with Crippen LogP contribution in [0.2, 0.25) is 0 Å². The fourth-order valence-electron chi connectivity index (χ4n) is 9.85. The second-order valence-corrected chi connectivity index (χ2v) is 18.2. The lowest BCUT2D eigenvalue weighted by atomic mass is 9.89. The van der Waals surface area contributed by atoms with E-state index in [4.69, 9.17) is 15.0 Å². The number of rotatable bonds is 8. The molecule has 318 valence electrons. The molecule has 0 aliphatic heterocycles. The fourth-order valence-corrected chi connectivity index (χ4v) is 11.1. The van der Waals surface area contributed by atoms with Gasteiger partial charge in [-0.2, -0.15) is 0 Å². The Morgan fingerprint density at radius 3 is 1.43 bits per heavy atom. The number of nitrogens with zero attached hydrogens (tertiary/aromatic N) is 4. The van der Waals surface area contributed by atoms with Crippen molar-refractivity contribution in [3.8, 4) is 84.4 Å². The third-order valence-electron chi connectivity index (χ3n) is 13.1. The van der Waals surface area contributed by atoms with E-state index in [2.05, 4.69) is 211 Å². The Bertz CT molecular complexity index is 3940. The van der Waals surface area contributed by atoms with Gasteiger partial charge in [-0.25, -0.2) is 15.0 Å². The van der Waals surface area contributed by atoms with Crippen molar-refractivity contribution in [2.24, 2.45) is 0 Å². The van der Waals surface area contributed by atoms with E-state index in [1.165, 1.54) is 64.2 Å². The van der Waals surface area contributed by atoms with Crippen molar-refractivity contribution in [1.82, 2.24) is 19.5 Å². The molecule has 0 spiro atoms. The third kappa shape index (κ3) is 6.88. The number of benzene rings is 10. The second-order valence-electron chi connectivity index (χ2n) is 17.1. The molecule has 0 saturated heterocycles. The van der Waals surface area contributed by atoms with Crippen LogP contribution in [0.15, 0.2) is 243 Å². The van der Waals surface area contributed by atoms with Gasteiger partial charge in [-0.15, -0.1) is 11.3 Å². The lowest BCUT2D eigenvalue weighted by molar-refractivity contribution is 1.07. The van der Waals surface area contributed by atoms with Crippen molar-refractivity contribution < 1.29 is 0 Å². The lowest BCUT2D eigenvalue weighted by Crippen LogP contribution is -2.01. The van der Waals surface area contributed by atoms with Gasteiger partial charge in [-0.05, 0) is 93.0 Å².